The molecular weight excluding hydrogens is 542 g/mol. The van der Waals surface area contributed by atoms with E-state index in [1.807, 2.05) is 24.0 Å². The predicted molar refractivity (Wildman–Crippen MR) is 172 cm³/mol. The monoisotopic (exact) mass is 581 g/mol. The van der Waals surface area contributed by atoms with Crippen LogP contribution in [0.1, 0.15) is 49.8 Å². The van der Waals surface area contributed by atoms with E-state index in [2.05, 4.69) is 81.1 Å². The first-order valence-electron chi connectivity index (χ1n) is 15.0. The highest BCUT2D eigenvalue weighted by molar-refractivity contribution is 7.07. The van der Waals surface area contributed by atoms with Gasteiger partial charge >= 0.3 is 0 Å². The number of nitrogens with one attached hydrogen (secondary N) is 1. The summed E-state index contributed by atoms with van der Waals surface area (Å²) in [5.41, 5.74) is 14.2. The SMILES string of the molecule is CC=C1C(NC(=O)[C@H](N)Cc2cn(CCC)c3ccccc23)Cc2cccc(N3CCCC3=O)c2N1Cc1ccsc1. The van der Waals surface area contributed by atoms with E-state index < -0.39 is 6.04 Å². The molecule has 4 heterocycles. The van der Waals surface area contributed by atoms with Crippen molar-refractivity contribution in [3.63, 3.8) is 0 Å². The first kappa shape index (κ1) is 28.2. The number of allylic oxidation sites excluding steroid dienone is 1. The number of nitrogens with zero attached hydrogens (tertiary/aromatic N) is 3. The number of carbonyl (C=O) groups excluding carboxylic acids is 2. The summed E-state index contributed by atoms with van der Waals surface area (Å²) in [6.07, 6.45) is 7.84. The van der Waals surface area contributed by atoms with E-state index in [1.165, 1.54) is 11.1 Å². The number of aromatic nitrogens is 1. The Morgan fingerprint density at radius 3 is 2.79 bits per heavy atom. The van der Waals surface area contributed by atoms with Crippen molar-refractivity contribution in [1.29, 1.82) is 0 Å². The minimum Gasteiger partial charge on any atom is -0.347 e. The highest BCUT2D eigenvalue weighted by Gasteiger charge is 2.35. The summed E-state index contributed by atoms with van der Waals surface area (Å²) in [7, 11) is 0. The van der Waals surface area contributed by atoms with Gasteiger partial charge < -0.3 is 25.4 Å². The van der Waals surface area contributed by atoms with Crippen LogP contribution in [0.4, 0.5) is 11.4 Å². The molecule has 218 valence electrons. The third kappa shape index (κ3) is 5.37. The van der Waals surface area contributed by atoms with Gasteiger partial charge in [0.1, 0.15) is 0 Å². The lowest BCUT2D eigenvalue weighted by molar-refractivity contribution is -0.122. The molecule has 2 aromatic heterocycles. The number of nitrogens with two attached hydrogens (primary N) is 1. The number of benzene rings is 2. The number of fused-ring (bicyclic) bond motifs is 2. The summed E-state index contributed by atoms with van der Waals surface area (Å²) in [5, 5.41) is 8.70. The van der Waals surface area contributed by atoms with E-state index in [0.29, 0.717) is 25.8 Å². The first-order valence-corrected chi connectivity index (χ1v) is 15.9. The standard InChI is InChI=1S/C34H39N5O2S/c1-3-15-37-21-25(26-10-5-6-11-30(26)37)18-27(35)34(41)36-28-19-24-9-7-12-31(38-16-8-13-32(38)40)33(24)39(29(28)4-2)20-23-14-17-42-22-23/h4-7,9-12,14,17,21-22,27-28H,3,8,13,15-16,18-20,35H2,1-2H3,(H,36,41)/t27-,28?/m1/s1. The van der Waals surface area contributed by atoms with Crippen LogP contribution in [0.15, 0.2) is 77.3 Å². The van der Waals surface area contributed by atoms with E-state index in [1.54, 1.807) is 11.3 Å². The normalized spacial score (nSPS) is 18.6. The number of rotatable bonds is 9. The number of hydrogen-bond acceptors (Lipinski definition) is 5. The van der Waals surface area contributed by atoms with Crippen molar-refractivity contribution in [2.24, 2.45) is 5.73 Å². The molecule has 8 heteroatoms. The molecule has 0 spiro atoms. The van der Waals surface area contributed by atoms with Crippen molar-refractivity contribution in [2.75, 3.05) is 16.3 Å². The molecule has 2 aromatic carbocycles. The van der Waals surface area contributed by atoms with Crippen LogP contribution in [-0.2, 0) is 35.5 Å². The fourth-order valence-electron chi connectivity index (χ4n) is 6.55. The number of thiophene rings is 1. The van der Waals surface area contributed by atoms with Crippen molar-refractivity contribution >= 4 is 45.4 Å². The molecule has 2 atom stereocenters. The number of carbonyl (C=O) groups is 2. The molecule has 42 heavy (non-hydrogen) atoms. The summed E-state index contributed by atoms with van der Waals surface area (Å²) < 4.78 is 2.26. The molecular formula is C34H39N5O2S. The van der Waals surface area contributed by atoms with Crippen LogP contribution in [-0.4, -0.2) is 35.0 Å². The average Bonchev–Trinajstić information content (AvgIpc) is 3.74. The van der Waals surface area contributed by atoms with Gasteiger partial charge in [0.25, 0.3) is 0 Å². The second-order valence-electron chi connectivity index (χ2n) is 11.3. The van der Waals surface area contributed by atoms with Crippen molar-refractivity contribution in [2.45, 2.75) is 71.1 Å². The van der Waals surface area contributed by atoms with Gasteiger partial charge in [-0.2, -0.15) is 11.3 Å². The van der Waals surface area contributed by atoms with E-state index in [-0.39, 0.29) is 17.9 Å². The zero-order chi connectivity index (χ0) is 29.2. The van der Waals surface area contributed by atoms with Gasteiger partial charge in [0.15, 0.2) is 0 Å². The van der Waals surface area contributed by atoms with Gasteiger partial charge in [0, 0.05) is 55.3 Å². The topological polar surface area (TPSA) is 83.6 Å². The molecule has 1 unspecified atom stereocenters. The zero-order valence-corrected chi connectivity index (χ0v) is 25.2. The molecule has 6 rings (SSSR count). The van der Waals surface area contributed by atoms with Crippen molar-refractivity contribution in [3.8, 4) is 0 Å². The maximum absolute atomic E-state index is 13.7. The van der Waals surface area contributed by atoms with Crippen LogP contribution in [0.5, 0.6) is 0 Å². The number of para-hydroxylation sites is 2. The van der Waals surface area contributed by atoms with Crippen LogP contribution < -0.4 is 20.9 Å². The molecule has 0 saturated carbocycles. The molecule has 2 aliphatic heterocycles. The molecule has 2 aliphatic rings. The quantitative estimate of drug-likeness (QED) is 0.263. The fraction of sp³-hybridized carbons (Fsp3) is 0.353. The lowest BCUT2D eigenvalue weighted by Crippen LogP contribution is -2.51. The van der Waals surface area contributed by atoms with E-state index in [4.69, 9.17) is 5.73 Å². The number of anilines is 2. The Morgan fingerprint density at radius 2 is 2.05 bits per heavy atom. The zero-order valence-electron chi connectivity index (χ0n) is 24.4. The minimum absolute atomic E-state index is 0.156. The summed E-state index contributed by atoms with van der Waals surface area (Å²) in [5.74, 6) is 0.0130. The lowest BCUT2D eigenvalue weighted by Gasteiger charge is -2.41. The van der Waals surface area contributed by atoms with Crippen molar-refractivity contribution in [3.05, 3.63) is 94.0 Å². The fourth-order valence-corrected chi connectivity index (χ4v) is 7.21. The Hall–Kier alpha value is -3.88. The largest absolute Gasteiger partial charge is 0.347 e. The first-order chi connectivity index (χ1) is 20.5. The number of hydrogen-bond donors (Lipinski definition) is 2. The van der Waals surface area contributed by atoms with E-state index in [9.17, 15) is 9.59 Å². The molecule has 0 bridgehead atoms. The van der Waals surface area contributed by atoms with Crippen LogP contribution in [0.3, 0.4) is 0 Å². The smallest absolute Gasteiger partial charge is 0.237 e. The Balaban J connectivity index is 1.28. The second kappa shape index (κ2) is 12.2. The third-order valence-electron chi connectivity index (χ3n) is 8.47. The van der Waals surface area contributed by atoms with E-state index >= 15 is 0 Å². The molecule has 4 aromatic rings. The number of aryl methyl sites for hydroxylation is 1. The maximum Gasteiger partial charge on any atom is 0.237 e. The molecule has 0 aliphatic carbocycles. The summed E-state index contributed by atoms with van der Waals surface area (Å²) in [6.45, 7) is 6.51. The van der Waals surface area contributed by atoms with Gasteiger partial charge in [0.2, 0.25) is 11.8 Å². The minimum atomic E-state index is -0.677. The molecule has 3 N–H and O–H groups in total. The summed E-state index contributed by atoms with van der Waals surface area (Å²) in [4.78, 5) is 30.7. The molecule has 7 nitrogen and oxygen atoms in total. The summed E-state index contributed by atoms with van der Waals surface area (Å²) in [6, 6.07) is 15.8. The van der Waals surface area contributed by atoms with Gasteiger partial charge in [-0.3, -0.25) is 9.59 Å². The van der Waals surface area contributed by atoms with Gasteiger partial charge in [-0.25, -0.2) is 0 Å². The van der Waals surface area contributed by atoms with Gasteiger partial charge in [0.05, 0.1) is 23.5 Å². The molecule has 1 saturated heterocycles. The Bertz CT molecular complexity index is 1620. The average molecular weight is 582 g/mol. The summed E-state index contributed by atoms with van der Waals surface area (Å²) >= 11 is 1.67. The Kier molecular flexibility index (Phi) is 8.18. The Labute approximate surface area is 251 Å². The second-order valence-corrected chi connectivity index (χ2v) is 12.1. The van der Waals surface area contributed by atoms with Crippen LogP contribution in [0.2, 0.25) is 0 Å². The molecule has 0 radical (unpaired) electrons. The van der Waals surface area contributed by atoms with E-state index in [0.717, 1.165) is 59.5 Å². The van der Waals surface area contributed by atoms with Crippen molar-refractivity contribution < 1.29 is 9.59 Å². The maximum atomic E-state index is 13.7. The highest BCUT2D eigenvalue weighted by atomic mass is 32.1. The molecule has 1 fully saturated rings. The van der Waals surface area contributed by atoms with Crippen molar-refractivity contribution in [1.82, 2.24) is 9.88 Å². The van der Waals surface area contributed by atoms with Gasteiger partial charge in [-0.1, -0.05) is 43.3 Å². The lowest BCUT2D eigenvalue weighted by atomic mass is 9.92. The molecule has 2 amide bonds. The van der Waals surface area contributed by atoms with Gasteiger partial charge in [-0.05, 0) is 71.8 Å². The van der Waals surface area contributed by atoms with Crippen LogP contribution in [0, 0.1) is 0 Å². The highest BCUT2D eigenvalue weighted by Crippen LogP contribution is 2.43. The predicted octanol–water partition coefficient (Wildman–Crippen LogP) is 5.76. The van der Waals surface area contributed by atoms with Crippen LogP contribution in [0.25, 0.3) is 10.9 Å². The van der Waals surface area contributed by atoms with Gasteiger partial charge in [-0.15, -0.1) is 0 Å². The van der Waals surface area contributed by atoms with Crippen LogP contribution >= 0.6 is 11.3 Å². The third-order valence-corrected chi connectivity index (χ3v) is 9.20. The number of amides is 2. The Morgan fingerprint density at radius 1 is 1.19 bits per heavy atom.